The number of benzene rings is 1. The van der Waals surface area contributed by atoms with E-state index in [1.165, 1.54) is 28.6 Å². The summed E-state index contributed by atoms with van der Waals surface area (Å²) in [6.45, 7) is 4.97. The topological polar surface area (TPSA) is 53.4 Å². The minimum absolute atomic E-state index is 0. The Morgan fingerprint density at radius 3 is 2.78 bits per heavy atom. The molecule has 172 valence electrons. The molecule has 0 radical (unpaired) electrons. The van der Waals surface area contributed by atoms with E-state index < -0.39 is 0 Å². The molecule has 1 fully saturated rings. The van der Waals surface area contributed by atoms with E-state index in [0.29, 0.717) is 6.54 Å². The second kappa shape index (κ2) is 10.7. The molecule has 1 saturated heterocycles. The molecule has 0 atom stereocenters. The van der Waals surface area contributed by atoms with Gasteiger partial charge in [0.2, 0.25) is 5.91 Å². The number of amides is 1. The molecule has 1 aromatic carbocycles. The normalized spacial score (nSPS) is 16.8. The van der Waals surface area contributed by atoms with Crippen LogP contribution >= 0.6 is 24.8 Å². The smallest absolute Gasteiger partial charge is 0.241 e. The van der Waals surface area contributed by atoms with Crippen LogP contribution in [0.25, 0.3) is 10.9 Å². The van der Waals surface area contributed by atoms with Gasteiger partial charge in [-0.05, 0) is 49.2 Å². The third-order valence-corrected chi connectivity index (χ3v) is 6.51. The molecule has 3 aromatic rings. The molecular formula is C24H31Cl2N5O. The molecule has 0 saturated carbocycles. The third kappa shape index (κ3) is 4.79. The Hall–Kier alpha value is -2.12. The number of anilines is 1. The van der Waals surface area contributed by atoms with Gasteiger partial charge in [-0.3, -0.25) is 14.7 Å². The Morgan fingerprint density at radius 2 is 2.00 bits per heavy atom. The van der Waals surface area contributed by atoms with Gasteiger partial charge < -0.3 is 14.8 Å². The van der Waals surface area contributed by atoms with E-state index in [2.05, 4.69) is 45.0 Å². The number of aryl methyl sites for hydroxylation is 1. The number of halogens is 2. The van der Waals surface area contributed by atoms with Crippen LogP contribution in [-0.2, 0) is 31.2 Å². The molecule has 2 aliphatic heterocycles. The first-order valence-electron chi connectivity index (χ1n) is 10.9. The van der Waals surface area contributed by atoms with Gasteiger partial charge in [-0.1, -0.05) is 12.1 Å². The largest absolute Gasteiger partial charge is 0.347 e. The van der Waals surface area contributed by atoms with Gasteiger partial charge in [0.05, 0.1) is 12.1 Å². The molecule has 2 aliphatic rings. The first kappa shape index (κ1) is 24.5. The third-order valence-electron chi connectivity index (χ3n) is 6.51. The van der Waals surface area contributed by atoms with Crippen LogP contribution < -0.4 is 10.2 Å². The molecule has 32 heavy (non-hydrogen) atoms. The summed E-state index contributed by atoms with van der Waals surface area (Å²) in [6.07, 6.45) is 4.98. The summed E-state index contributed by atoms with van der Waals surface area (Å²) >= 11 is 0. The molecule has 2 aromatic heterocycles. The Balaban J connectivity index is 0.00000144. The van der Waals surface area contributed by atoms with Crippen LogP contribution in [0.1, 0.15) is 23.4 Å². The lowest BCUT2D eigenvalue weighted by atomic mass is 10.1. The molecule has 0 bridgehead atoms. The van der Waals surface area contributed by atoms with Crippen molar-refractivity contribution in [3.63, 3.8) is 0 Å². The lowest BCUT2D eigenvalue weighted by molar-refractivity contribution is -0.121. The van der Waals surface area contributed by atoms with E-state index in [0.717, 1.165) is 56.9 Å². The van der Waals surface area contributed by atoms with Gasteiger partial charge in [-0.25, -0.2) is 0 Å². The van der Waals surface area contributed by atoms with Crippen molar-refractivity contribution in [1.29, 1.82) is 0 Å². The van der Waals surface area contributed by atoms with E-state index in [4.69, 9.17) is 0 Å². The van der Waals surface area contributed by atoms with Crippen molar-refractivity contribution in [2.45, 2.75) is 25.8 Å². The summed E-state index contributed by atoms with van der Waals surface area (Å²) in [5.41, 5.74) is 6.17. The molecule has 4 heterocycles. The number of hydrogen-bond acceptors (Lipinski definition) is 4. The van der Waals surface area contributed by atoms with Gasteiger partial charge >= 0.3 is 0 Å². The van der Waals surface area contributed by atoms with E-state index in [9.17, 15) is 4.79 Å². The maximum Gasteiger partial charge on any atom is 0.241 e. The fourth-order valence-electron chi connectivity index (χ4n) is 4.84. The van der Waals surface area contributed by atoms with Crippen molar-refractivity contribution < 1.29 is 4.79 Å². The number of hydrogen-bond donors (Lipinski definition) is 1. The predicted octanol–water partition coefficient (Wildman–Crippen LogP) is 3.34. The summed E-state index contributed by atoms with van der Waals surface area (Å²) in [5, 5.41) is 4.85. The van der Waals surface area contributed by atoms with Crippen molar-refractivity contribution in [3.8, 4) is 0 Å². The van der Waals surface area contributed by atoms with Crippen LogP contribution in [0, 0.1) is 0 Å². The highest BCUT2D eigenvalue weighted by Crippen LogP contribution is 2.31. The average molecular weight is 476 g/mol. The minimum Gasteiger partial charge on any atom is -0.347 e. The molecule has 0 spiro atoms. The fraction of sp³-hybridized carbons (Fsp3) is 0.417. The molecule has 8 heteroatoms. The van der Waals surface area contributed by atoms with Crippen molar-refractivity contribution in [3.05, 3.63) is 59.5 Å². The zero-order valence-corrected chi connectivity index (χ0v) is 20.1. The van der Waals surface area contributed by atoms with Crippen molar-refractivity contribution in [1.82, 2.24) is 19.8 Å². The number of rotatable bonds is 4. The predicted molar refractivity (Wildman–Crippen MR) is 134 cm³/mol. The second-order valence-electron chi connectivity index (χ2n) is 8.36. The van der Waals surface area contributed by atoms with Crippen molar-refractivity contribution in [2.24, 2.45) is 7.05 Å². The highest BCUT2D eigenvalue weighted by atomic mass is 35.5. The summed E-state index contributed by atoms with van der Waals surface area (Å²) < 4.78 is 2.33. The van der Waals surface area contributed by atoms with Crippen molar-refractivity contribution in [2.75, 3.05) is 37.6 Å². The monoisotopic (exact) mass is 475 g/mol. The summed E-state index contributed by atoms with van der Waals surface area (Å²) in [5.74, 6) is 0.180. The molecule has 0 aliphatic carbocycles. The van der Waals surface area contributed by atoms with E-state index in [1.807, 2.05) is 29.3 Å². The Labute approximate surface area is 201 Å². The van der Waals surface area contributed by atoms with Crippen molar-refractivity contribution >= 4 is 47.3 Å². The van der Waals surface area contributed by atoms with Gasteiger partial charge in [-0.2, -0.15) is 0 Å². The number of carbonyl (C=O) groups is 1. The van der Waals surface area contributed by atoms with E-state index in [1.54, 1.807) is 0 Å². The number of carbonyl (C=O) groups excluding carboxylic acids is 1. The zero-order valence-electron chi connectivity index (χ0n) is 18.4. The Bertz CT molecular complexity index is 1070. The lowest BCUT2D eigenvalue weighted by Gasteiger charge is -2.34. The number of aromatic nitrogens is 2. The Morgan fingerprint density at radius 1 is 1.12 bits per heavy atom. The molecular weight excluding hydrogens is 445 g/mol. The summed E-state index contributed by atoms with van der Waals surface area (Å²) in [4.78, 5) is 21.5. The first-order valence-corrected chi connectivity index (χ1v) is 10.9. The van der Waals surface area contributed by atoms with Gasteiger partial charge in [0.15, 0.2) is 0 Å². The lowest BCUT2D eigenvalue weighted by Crippen LogP contribution is -2.50. The van der Waals surface area contributed by atoms with E-state index >= 15 is 0 Å². The molecule has 6 nitrogen and oxygen atoms in total. The van der Waals surface area contributed by atoms with Gasteiger partial charge in [0.25, 0.3) is 0 Å². The molecule has 0 unspecified atom stereocenters. The summed E-state index contributed by atoms with van der Waals surface area (Å²) in [7, 11) is 2.16. The number of pyridine rings is 1. The van der Waals surface area contributed by atoms with Crippen LogP contribution in [-0.4, -0.2) is 53.1 Å². The van der Waals surface area contributed by atoms with Crippen LogP contribution in [0.4, 0.5) is 5.69 Å². The van der Waals surface area contributed by atoms with Crippen LogP contribution in [0.15, 0.2) is 42.6 Å². The SMILES string of the molecule is Cl.Cl.Cn1c2c(c3ccc(N4CCN(CCc5ccccn5)CC4=O)cc31)CNCCC2. The maximum absolute atomic E-state index is 12.9. The number of nitrogens with one attached hydrogen (secondary N) is 1. The summed E-state index contributed by atoms with van der Waals surface area (Å²) in [6, 6.07) is 12.5. The van der Waals surface area contributed by atoms with E-state index in [-0.39, 0.29) is 30.7 Å². The maximum atomic E-state index is 12.9. The highest BCUT2D eigenvalue weighted by molar-refractivity contribution is 5.98. The first-order chi connectivity index (χ1) is 14.7. The minimum atomic E-state index is 0. The van der Waals surface area contributed by atoms with Crippen LogP contribution in [0.3, 0.4) is 0 Å². The van der Waals surface area contributed by atoms with Crippen LogP contribution in [0.5, 0.6) is 0 Å². The quantitative estimate of drug-likeness (QED) is 0.628. The number of nitrogens with zero attached hydrogens (tertiary/aromatic N) is 4. The zero-order chi connectivity index (χ0) is 20.5. The molecule has 5 rings (SSSR count). The average Bonchev–Trinajstić information content (AvgIpc) is 2.92. The van der Waals surface area contributed by atoms with Gasteiger partial charge in [0, 0.05) is 68.3 Å². The number of fused-ring (bicyclic) bond motifs is 3. The van der Waals surface area contributed by atoms with Gasteiger partial charge in [-0.15, -0.1) is 24.8 Å². The standard InChI is InChI=1S/C24H29N5O.2ClH/c1-27-22-6-4-10-25-16-21(22)20-8-7-19(15-23(20)27)29-14-13-28(17-24(29)30)12-9-18-5-2-3-11-26-18;;/h2-3,5,7-8,11,15,25H,4,6,9-10,12-14,16-17H2,1H3;2*1H. The molecule has 1 N–H and O–H groups in total. The second-order valence-corrected chi connectivity index (χ2v) is 8.36. The fourth-order valence-corrected chi connectivity index (χ4v) is 4.84. The Kier molecular flexibility index (Phi) is 8.17. The highest BCUT2D eigenvalue weighted by Gasteiger charge is 2.26. The van der Waals surface area contributed by atoms with Gasteiger partial charge in [0.1, 0.15) is 0 Å². The van der Waals surface area contributed by atoms with Crippen LogP contribution in [0.2, 0.25) is 0 Å². The number of piperazine rings is 1. The molecule has 1 amide bonds.